The molecule has 2 rings (SSSR count). The first-order valence-electron chi connectivity index (χ1n) is 14.7. The molecule has 1 aromatic carbocycles. The van der Waals surface area contributed by atoms with Gasteiger partial charge in [0.2, 0.25) is 35.4 Å². The Morgan fingerprint density at radius 1 is 1.00 bits per heavy atom. The molecule has 0 radical (unpaired) electrons. The summed E-state index contributed by atoms with van der Waals surface area (Å²) in [6.07, 6.45) is 2.56. The molecule has 0 saturated carbocycles. The number of nitrogens with two attached hydrogens (primary N) is 1. The van der Waals surface area contributed by atoms with Crippen LogP contribution in [0.25, 0.3) is 0 Å². The predicted molar refractivity (Wildman–Crippen MR) is 161 cm³/mol. The molecule has 1 fully saturated rings. The summed E-state index contributed by atoms with van der Waals surface area (Å²) >= 11 is 0. The van der Waals surface area contributed by atoms with Crippen molar-refractivity contribution < 1.29 is 28.8 Å². The molecule has 238 valence electrons. The van der Waals surface area contributed by atoms with Gasteiger partial charge in [0.05, 0.1) is 25.7 Å². The van der Waals surface area contributed by atoms with Gasteiger partial charge >= 0.3 is 0 Å². The Balaban J connectivity index is 1.72. The van der Waals surface area contributed by atoms with E-state index in [-0.39, 0.29) is 19.0 Å². The van der Waals surface area contributed by atoms with Gasteiger partial charge in [0.15, 0.2) is 0 Å². The lowest BCUT2D eigenvalue weighted by molar-refractivity contribution is -0.148. The van der Waals surface area contributed by atoms with Gasteiger partial charge in [-0.05, 0) is 44.1 Å². The molecule has 1 saturated heterocycles. The number of hydrogen-bond donors (Lipinski definition) is 4. The van der Waals surface area contributed by atoms with Gasteiger partial charge in [-0.15, -0.1) is 0 Å². The third-order valence-corrected chi connectivity index (χ3v) is 7.34. The molecular formula is C30H47N7O6. The van der Waals surface area contributed by atoms with Crippen LogP contribution in [0, 0.1) is 5.92 Å². The Hall–Kier alpha value is -4.00. The Bertz CT molecular complexity index is 1130. The maximum Gasteiger partial charge on any atom is 0.245 e. The van der Waals surface area contributed by atoms with E-state index in [4.69, 9.17) is 5.73 Å². The largest absolute Gasteiger partial charge is 0.346 e. The molecule has 0 bridgehead atoms. The first-order chi connectivity index (χ1) is 20.3. The van der Waals surface area contributed by atoms with Crippen molar-refractivity contribution in [2.75, 3.05) is 46.8 Å². The van der Waals surface area contributed by atoms with Gasteiger partial charge in [0.1, 0.15) is 12.1 Å². The van der Waals surface area contributed by atoms with Crippen LogP contribution >= 0.6 is 0 Å². The van der Waals surface area contributed by atoms with Crippen LogP contribution in [0.1, 0.15) is 45.6 Å². The SMILES string of the molecule is CC(C)CCN1CCCC(N(C)C(=O)C(C)NC(=O)CNC(=O)CN(C)C(=O)CNC(=O)C(N)Cc2ccccc2)C1=O. The number of piperidine rings is 1. The van der Waals surface area contributed by atoms with E-state index in [0.717, 1.165) is 23.3 Å². The van der Waals surface area contributed by atoms with Gasteiger partial charge in [-0.2, -0.15) is 0 Å². The van der Waals surface area contributed by atoms with Crippen molar-refractivity contribution in [1.82, 2.24) is 30.7 Å². The molecule has 43 heavy (non-hydrogen) atoms. The van der Waals surface area contributed by atoms with Gasteiger partial charge in [-0.25, -0.2) is 0 Å². The van der Waals surface area contributed by atoms with E-state index in [9.17, 15) is 28.8 Å². The van der Waals surface area contributed by atoms with E-state index in [0.29, 0.717) is 31.8 Å². The van der Waals surface area contributed by atoms with Gasteiger partial charge in [-0.3, -0.25) is 28.8 Å². The van der Waals surface area contributed by atoms with Crippen LogP contribution in [0.15, 0.2) is 30.3 Å². The number of carbonyl (C=O) groups excluding carboxylic acids is 6. The monoisotopic (exact) mass is 601 g/mol. The average molecular weight is 602 g/mol. The van der Waals surface area contributed by atoms with Crippen LogP contribution < -0.4 is 21.7 Å². The number of likely N-dealkylation sites (tertiary alicyclic amines) is 1. The number of rotatable bonds is 15. The van der Waals surface area contributed by atoms with Crippen molar-refractivity contribution in [2.24, 2.45) is 11.7 Å². The standard InChI is InChI=1S/C30H47N7O6/c1-20(2)13-15-37-14-9-12-24(30(37)43)36(5)29(42)21(3)34-25(38)17-32-26(39)19-35(4)27(40)18-33-28(41)23(31)16-22-10-7-6-8-11-22/h6-8,10-11,20-21,23-24H,9,12-19,31H2,1-5H3,(H,32,39)(H,33,41)(H,34,38). The summed E-state index contributed by atoms with van der Waals surface area (Å²) in [5, 5.41) is 7.44. The topological polar surface area (TPSA) is 174 Å². The molecule has 3 atom stereocenters. The first kappa shape index (κ1) is 35.2. The zero-order chi connectivity index (χ0) is 32.1. The third-order valence-electron chi connectivity index (χ3n) is 7.34. The number of benzene rings is 1. The molecule has 1 aliphatic rings. The predicted octanol–water partition coefficient (Wildman–Crippen LogP) is -0.753. The fourth-order valence-corrected chi connectivity index (χ4v) is 4.66. The number of likely N-dealkylation sites (N-methyl/N-ethyl adjacent to an activating group) is 2. The molecule has 13 nitrogen and oxygen atoms in total. The molecule has 0 aliphatic carbocycles. The second-order valence-electron chi connectivity index (χ2n) is 11.4. The van der Waals surface area contributed by atoms with Crippen LogP contribution in [-0.4, -0.2) is 115 Å². The van der Waals surface area contributed by atoms with Gasteiger partial charge in [0.25, 0.3) is 0 Å². The number of carbonyl (C=O) groups is 6. The zero-order valence-corrected chi connectivity index (χ0v) is 25.9. The Labute approximate surface area is 253 Å². The van der Waals surface area contributed by atoms with Gasteiger partial charge in [-0.1, -0.05) is 44.2 Å². The molecule has 13 heteroatoms. The summed E-state index contributed by atoms with van der Waals surface area (Å²) in [5.41, 5.74) is 6.81. The maximum absolute atomic E-state index is 13.0. The quantitative estimate of drug-likeness (QED) is 0.205. The lowest BCUT2D eigenvalue weighted by Gasteiger charge is -2.38. The molecule has 1 aromatic rings. The van der Waals surface area contributed by atoms with E-state index in [2.05, 4.69) is 29.8 Å². The highest BCUT2D eigenvalue weighted by Gasteiger charge is 2.35. The number of nitrogens with one attached hydrogen (secondary N) is 3. The summed E-state index contributed by atoms with van der Waals surface area (Å²) in [6, 6.07) is 6.93. The molecule has 6 amide bonds. The third kappa shape index (κ3) is 11.7. The number of amides is 6. The molecule has 1 heterocycles. The highest BCUT2D eigenvalue weighted by Crippen LogP contribution is 2.18. The van der Waals surface area contributed by atoms with Crippen molar-refractivity contribution in [3.63, 3.8) is 0 Å². The van der Waals surface area contributed by atoms with Crippen molar-refractivity contribution in [2.45, 2.75) is 64.6 Å². The van der Waals surface area contributed by atoms with E-state index >= 15 is 0 Å². The van der Waals surface area contributed by atoms with E-state index in [1.807, 2.05) is 30.3 Å². The Morgan fingerprint density at radius 2 is 1.67 bits per heavy atom. The molecule has 3 unspecified atom stereocenters. The van der Waals surface area contributed by atoms with Crippen LogP contribution in [0.2, 0.25) is 0 Å². The summed E-state index contributed by atoms with van der Waals surface area (Å²) in [4.78, 5) is 79.5. The van der Waals surface area contributed by atoms with E-state index in [1.165, 1.54) is 18.9 Å². The Kier molecular flexibility index (Phi) is 14.1. The zero-order valence-electron chi connectivity index (χ0n) is 25.9. The van der Waals surface area contributed by atoms with Crippen molar-refractivity contribution >= 4 is 35.4 Å². The lowest BCUT2D eigenvalue weighted by Crippen LogP contribution is -2.57. The van der Waals surface area contributed by atoms with Crippen LogP contribution in [0.4, 0.5) is 0 Å². The second-order valence-corrected chi connectivity index (χ2v) is 11.4. The van der Waals surface area contributed by atoms with Crippen LogP contribution in [0.3, 0.4) is 0 Å². The molecule has 1 aliphatic heterocycles. The molecular weight excluding hydrogens is 554 g/mol. The normalized spacial score (nSPS) is 16.2. The van der Waals surface area contributed by atoms with Crippen LogP contribution in [0.5, 0.6) is 0 Å². The number of hydrogen-bond acceptors (Lipinski definition) is 7. The van der Waals surface area contributed by atoms with Crippen molar-refractivity contribution in [1.29, 1.82) is 0 Å². The van der Waals surface area contributed by atoms with E-state index in [1.54, 1.807) is 11.9 Å². The van der Waals surface area contributed by atoms with Gasteiger partial charge in [0, 0.05) is 27.2 Å². The molecule has 0 spiro atoms. The highest BCUT2D eigenvalue weighted by molar-refractivity contribution is 5.94. The summed E-state index contributed by atoms with van der Waals surface area (Å²) in [6.45, 7) is 5.96. The minimum absolute atomic E-state index is 0.0817. The first-order valence-corrected chi connectivity index (χ1v) is 14.7. The number of nitrogens with zero attached hydrogens (tertiary/aromatic N) is 3. The average Bonchev–Trinajstić information content (AvgIpc) is 2.97. The summed E-state index contributed by atoms with van der Waals surface area (Å²) in [7, 11) is 2.96. The Morgan fingerprint density at radius 3 is 2.33 bits per heavy atom. The minimum atomic E-state index is -0.908. The van der Waals surface area contributed by atoms with Crippen molar-refractivity contribution in [3.05, 3.63) is 35.9 Å². The molecule has 5 N–H and O–H groups in total. The van der Waals surface area contributed by atoms with Crippen molar-refractivity contribution in [3.8, 4) is 0 Å². The fourth-order valence-electron chi connectivity index (χ4n) is 4.66. The maximum atomic E-state index is 13.0. The fraction of sp³-hybridized carbons (Fsp3) is 0.600. The van der Waals surface area contributed by atoms with Crippen LogP contribution in [-0.2, 0) is 35.2 Å². The summed E-state index contributed by atoms with van der Waals surface area (Å²) < 4.78 is 0. The molecule has 0 aromatic heterocycles. The van der Waals surface area contributed by atoms with Gasteiger partial charge < -0.3 is 36.4 Å². The smallest absolute Gasteiger partial charge is 0.245 e. The highest BCUT2D eigenvalue weighted by atomic mass is 16.2. The lowest BCUT2D eigenvalue weighted by atomic mass is 10.0. The summed E-state index contributed by atoms with van der Waals surface area (Å²) in [5.74, 6) is -2.21. The minimum Gasteiger partial charge on any atom is -0.346 e. The van der Waals surface area contributed by atoms with E-state index < -0.39 is 54.2 Å². The second kappa shape index (κ2) is 17.2.